The maximum Gasteiger partial charge on any atom is 0.306 e. The van der Waals surface area contributed by atoms with Crippen molar-refractivity contribution in [1.82, 2.24) is 10.6 Å². The van der Waals surface area contributed by atoms with Gasteiger partial charge in [0.05, 0.1) is 12.5 Å². The molecule has 5 N–H and O–H groups in total. The molecule has 7 rings (SSSR count). The molecule has 0 radical (unpaired) electrons. The highest BCUT2D eigenvalue weighted by molar-refractivity contribution is 6.30. The van der Waals surface area contributed by atoms with Crippen LogP contribution < -0.4 is 10.6 Å². The van der Waals surface area contributed by atoms with Crippen LogP contribution in [0, 0.1) is 74.9 Å². The molecule has 1 aromatic carbocycles. The fourth-order valence-electron chi connectivity index (χ4n) is 14.2. The zero-order valence-electron chi connectivity index (χ0n) is 36.5. The fourth-order valence-corrected chi connectivity index (χ4v) is 14.4. The van der Waals surface area contributed by atoms with Gasteiger partial charge in [0, 0.05) is 41.2 Å². The van der Waals surface area contributed by atoms with Crippen molar-refractivity contribution in [3.05, 3.63) is 46.0 Å². The van der Waals surface area contributed by atoms with Crippen molar-refractivity contribution in [2.24, 2.45) is 74.9 Å². The van der Waals surface area contributed by atoms with E-state index >= 15 is 0 Å². The number of carbonyl (C=O) groups excluding carboxylic acids is 4. The third kappa shape index (κ3) is 8.26. The molecule has 10 nitrogen and oxygen atoms in total. The van der Waals surface area contributed by atoms with Crippen LogP contribution in [-0.4, -0.2) is 64.6 Å². The van der Waals surface area contributed by atoms with E-state index in [9.17, 15) is 39.3 Å². The van der Waals surface area contributed by atoms with Crippen molar-refractivity contribution in [2.75, 3.05) is 13.6 Å². The molecule has 59 heavy (non-hydrogen) atoms. The van der Waals surface area contributed by atoms with Gasteiger partial charge in [-0.3, -0.25) is 29.3 Å². The van der Waals surface area contributed by atoms with Gasteiger partial charge in [-0.25, -0.2) is 0 Å². The number of Topliss-reactive ketones (excluding diaryl/α,β-unsaturated/α-hetero) is 2. The minimum Gasteiger partial charge on any atom is -0.481 e. The highest BCUT2D eigenvalue weighted by Gasteiger charge is 2.66. The molecule has 0 aromatic heterocycles. The number of hydrogen-bond acceptors (Lipinski definition) is 8. The molecule has 0 saturated heterocycles. The van der Waals surface area contributed by atoms with Crippen molar-refractivity contribution in [3.8, 4) is 0 Å². The Morgan fingerprint density at radius 1 is 0.932 bits per heavy atom. The summed E-state index contributed by atoms with van der Waals surface area (Å²) in [5.74, 6) is -1.17. The number of likely N-dealkylation sites (N-methyl/N-ethyl adjacent to an activating group) is 1. The van der Waals surface area contributed by atoms with Crippen LogP contribution in [0.4, 0.5) is 0 Å². The third-order valence-electron chi connectivity index (χ3n) is 17.4. The number of halogens is 1. The van der Waals surface area contributed by atoms with Crippen LogP contribution in [0.15, 0.2) is 35.4 Å². The second kappa shape index (κ2) is 16.7. The van der Waals surface area contributed by atoms with Crippen LogP contribution in [0.5, 0.6) is 0 Å². The molecule has 5 saturated carbocycles. The number of benzene rings is 1. The van der Waals surface area contributed by atoms with Gasteiger partial charge in [0.1, 0.15) is 12.1 Å². The third-order valence-corrected chi connectivity index (χ3v) is 17.6. The molecule has 0 heterocycles. The number of nitrogens with one attached hydrogen (secondary N) is 2. The minimum atomic E-state index is -2.19. The molecule has 0 aliphatic heterocycles. The first-order chi connectivity index (χ1) is 27.5. The van der Waals surface area contributed by atoms with Gasteiger partial charge in [-0.1, -0.05) is 77.8 Å². The van der Waals surface area contributed by atoms with Gasteiger partial charge in [0.15, 0.2) is 5.78 Å². The molecule has 6 aliphatic carbocycles. The summed E-state index contributed by atoms with van der Waals surface area (Å²) in [7, 11) is 1.42. The number of carboxylic acids is 1. The summed E-state index contributed by atoms with van der Waals surface area (Å²) in [5, 5.41) is 35.3. The summed E-state index contributed by atoms with van der Waals surface area (Å²) < 4.78 is 0. The van der Waals surface area contributed by atoms with Crippen molar-refractivity contribution < 1.29 is 39.3 Å². The van der Waals surface area contributed by atoms with Gasteiger partial charge < -0.3 is 20.6 Å². The Hall–Kier alpha value is -2.92. The lowest BCUT2D eigenvalue weighted by molar-refractivity contribution is -0.193. The summed E-state index contributed by atoms with van der Waals surface area (Å²) in [6.07, 6.45) is 10.7. The number of ketones is 2. The normalized spacial score (nSPS) is 37.1. The Morgan fingerprint density at radius 2 is 1.59 bits per heavy atom. The molecule has 0 bridgehead atoms. The summed E-state index contributed by atoms with van der Waals surface area (Å²) in [6, 6.07) is 6.72. The highest BCUT2D eigenvalue weighted by atomic mass is 35.5. The van der Waals surface area contributed by atoms with E-state index in [-0.39, 0.29) is 76.3 Å². The summed E-state index contributed by atoms with van der Waals surface area (Å²) in [4.78, 5) is 62.3. The molecule has 11 atom stereocenters. The molecule has 1 aromatic rings. The fraction of sp³-hybridized carbons (Fsp3) is 0.729. The number of hydrogen-bond donors (Lipinski definition) is 5. The smallest absolute Gasteiger partial charge is 0.306 e. The molecule has 6 aliphatic rings. The second-order valence-corrected chi connectivity index (χ2v) is 21.3. The first-order valence-electron chi connectivity index (χ1n) is 22.2. The number of allylic oxidation sites excluding steroid dienone is 2. The zero-order valence-corrected chi connectivity index (χ0v) is 37.3. The number of aliphatic carboxylic acids is 1. The molecule has 1 amide bonds. The van der Waals surface area contributed by atoms with Crippen LogP contribution >= 0.6 is 11.6 Å². The van der Waals surface area contributed by atoms with Crippen molar-refractivity contribution in [3.63, 3.8) is 0 Å². The number of aldehydes is 1. The average Bonchev–Trinajstić information content (AvgIpc) is 3.46. The van der Waals surface area contributed by atoms with E-state index < -0.39 is 17.3 Å². The Labute approximate surface area is 356 Å². The van der Waals surface area contributed by atoms with Gasteiger partial charge in [0.2, 0.25) is 11.8 Å². The molecule has 326 valence electrons. The Bertz CT molecular complexity index is 1840. The van der Waals surface area contributed by atoms with E-state index in [2.05, 4.69) is 52.2 Å². The maximum atomic E-state index is 13.8. The summed E-state index contributed by atoms with van der Waals surface area (Å²) >= 11 is 5.55. The molecule has 11 heteroatoms. The Kier molecular flexibility index (Phi) is 12.9. The van der Waals surface area contributed by atoms with Gasteiger partial charge in [0.25, 0.3) is 0 Å². The lowest BCUT2D eigenvalue weighted by Crippen LogP contribution is -2.62. The molecule has 5 fully saturated rings. The summed E-state index contributed by atoms with van der Waals surface area (Å²) in [6.45, 7) is 15.7. The largest absolute Gasteiger partial charge is 0.481 e. The minimum absolute atomic E-state index is 0.00827. The molecule has 0 spiro atoms. The van der Waals surface area contributed by atoms with Gasteiger partial charge in [-0.2, -0.15) is 0 Å². The number of carboxylic acid groups (broad SMARTS) is 1. The van der Waals surface area contributed by atoms with Gasteiger partial charge in [-0.05, 0) is 140 Å². The van der Waals surface area contributed by atoms with Crippen LogP contribution in [0.2, 0.25) is 5.02 Å². The molecule has 11 unspecified atom stereocenters. The quantitative estimate of drug-likeness (QED) is 0.109. The average molecular weight is 838 g/mol. The van der Waals surface area contributed by atoms with Crippen LogP contribution in [0.1, 0.15) is 136 Å². The van der Waals surface area contributed by atoms with E-state index in [0.717, 1.165) is 63.2 Å². The van der Waals surface area contributed by atoms with E-state index in [1.54, 1.807) is 24.3 Å². The summed E-state index contributed by atoms with van der Waals surface area (Å²) in [5.41, 5.74) is 2.63. The lowest BCUT2D eigenvalue weighted by atomic mass is 9.35. The second-order valence-electron chi connectivity index (χ2n) is 20.9. The topological polar surface area (TPSA) is 170 Å². The lowest BCUT2D eigenvalue weighted by Gasteiger charge is -2.69. The van der Waals surface area contributed by atoms with E-state index in [1.165, 1.54) is 12.6 Å². The maximum absolute atomic E-state index is 13.8. The van der Waals surface area contributed by atoms with E-state index in [4.69, 9.17) is 11.6 Å². The predicted octanol–water partition coefficient (Wildman–Crippen LogP) is 8.03. The molecular formula is C48H69ClN2O8. The van der Waals surface area contributed by atoms with Crippen LogP contribution in [-0.2, 0) is 19.2 Å². The molecular weight excluding hydrogens is 768 g/mol. The highest BCUT2D eigenvalue weighted by Crippen LogP contribution is 2.74. The number of carbonyl (C=O) groups is 5. The monoisotopic (exact) mass is 836 g/mol. The SMILES string of the molecule is CNC(O)(O)CNC(=O)CC12CCC3C(CCC4C3(C)CCC3C(C)(C)C(CC(=O)C5CC(C(=O)O)C5C)CCC34C)C1=C(C(C)C)C(=O)C2.O=Cc1ccc(Cl)cc1. The number of rotatable bonds is 11. The zero-order chi connectivity index (χ0) is 43.5. The van der Waals surface area contributed by atoms with Crippen molar-refractivity contribution in [1.29, 1.82) is 0 Å². The predicted molar refractivity (Wildman–Crippen MR) is 227 cm³/mol. The first kappa shape index (κ1) is 45.6. The Morgan fingerprint density at radius 3 is 2.19 bits per heavy atom. The number of aliphatic hydroxyl groups is 2. The van der Waals surface area contributed by atoms with Crippen molar-refractivity contribution in [2.45, 2.75) is 131 Å². The Balaban J connectivity index is 0.000000575. The standard InChI is InChI=1S/C41H64N2O7.C7H5ClO/c1-22(2)34-30(45)19-40(20-33(46)43-21-41(49,50)42-8)16-12-28-25(35(34)40)9-10-32-38(28,6)15-13-31-37(4,5)24(11-14-39(31,32)7)17-29(44)26-18-27(23(26)3)36(47)48;8-7-3-1-6(5-9)2-4-7/h22-28,31-32,42,49-50H,9-21H2,1-8H3,(H,43,46)(H,47,48);1-5H. The van der Waals surface area contributed by atoms with Crippen molar-refractivity contribution >= 4 is 41.3 Å². The van der Waals surface area contributed by atoms with Gasteiger partial charge in [-0.15, -0.1) is 0 Å². The van der Waals surface area contributed by atoms with E-state index in [1.807, 2.05) is 6.92 Å². The van der Waals surface area contributed by atoms with Crippen LogP contribution in [0.25, 0.3) is 0 Å². The van der Waals surface area contributed by atoms with Crippen LogP contribution in [0.3, 0.4) is 0 Å². The first-order valence-corrected chi connectivity index (χ1v) is 22.6. The number of fused-ring (bicyclic) bond motifs is 7. The van der Waals surface area contributed by atoms with E-state index in [0.29, 0.717) is 53.5 Å². The number of amides is 1. The van der Waals surface area contributed by atoms with Gasteiger partial charge >= 0.3 is 5.97 Å².